The van der Waals surface area contributed by atoms with Crippen molar-refractivity contribution in [2.75, 3.05) is 40.3 Å². The molecule has 10 heavy (non-hydrogen) atoms. The van der Waals surface area contributed by atoms with Gasteiger partial charge in [-0.2, -0.15) is 0 Å². The highest BCUT2D eigenvalue weighted by atomic mass is 15.1. The van der Waals surface area contributed by atoms with Gasteiger partial charge in [0.05, 0.1) is 0 Å². The van der Waals surface area contributed by atoms with Crippen molar-refractivity contribution < 1.29 is 0 Å². The van der Waals surface area contributed by atoms with Crippen molar-refractivity contribution in [2.45, 2.75) is 6.42 Å². The molecule has 0 aromatic rings. The molecule has 3 heteroatoms. The summed E-state index contributed by atoms with van der Waals surface area (Å²) in [6, 6.07) is 0. The van der Waals surface area contributed by atoms with Crippen LogP contribution in [0.4, 0.5) is 0 Å². The molecular formula is C7H19N3. The molecule has 0 heterocycles. The maximum Gasteiger partial charge on any atom is 0.0104 e. The lowest BCUT2D eigenvalue weighted by Gasteiger charge is -2.14. The molecule has 0 aliphatic rings. The zero-order valence-electron chi connectivity index (χ0n) is 7.06. The van der Waals surface area contributed by atoms with Crippen LogP contribution in [-0.2, 0) is 0 Å². The van der Waals surface area contributed by atoms with Gasteiger partial charge < -0.3 is 16.0 Å². The summed E-state index contributed by atoms with van der Waals surface area (Å²) < 4.78 is 0. The summed E-state index contributed by atoms with van der Waals surface area (Å²) in [5.41, 5.74) is 5.36. The Kier molecular flexibility index (Phi) is 6.91. The highest BCUT2D eigenvalue weighted by Crippen LogP contribution is 1.82. The molecule has 0 amide bonds. The fraction of sp³-hybridized carbons (Fsp3) is 1.00. The first kappa shape index (κ1) is 9.88. The van der Waals surface area contributed by atoms with Gasteiger partial charge in [-0.25, -0.2) is 0 Å². The van der Waals surface area contributed by atoms with E-state index in [0.29, 0.717) is 0 Å². The van der Waals surface area contributed by atoms with Crippen LogP contribution in [0.3, 0.4) is 0 Å². The highest BCUT2D eigenvalue weighted by Gasteiger charge is 1.93. The average molecular weight is 145 g/mol. The van der Waals surface area contributed by atoms with Crippen molar-refractivity contribution in [1.29, 1.82) is 0 Å². The number of rotatable bonds is 6. The molecule has 0 fully saturated rings. The maximum atomic E-state index is 5.36. The quantitative estimate of drug-likeness (QED) is 0.529. The molecule has 3 nitrogen and oxygen atoms in total. The van der Waals surface area contributed by atoms with E-state index in [1.807, 2.05) is 7.05 Å². The fourth-order valence-electron chi connectivity index (χ4n) is 0.776. The molecule has 62 valence electrons. The summed E-state index contributed by atoms with van der Waals surface area (Å²) in [5.74, 6) is 0. The molecule has 0 radical (unpaired) electrons. The number of nitrogens with two attached hydrogens (primary N) is 1. The van der Waals surface area contributed by atoms with Crippen LogP contribution in [0.5, 0.6) is 0 Å². The lowest BCUT2D eigenvalue weighted by atomic mass is 10.4. The molecule has 0 aliphatic carbocycles. The van der Waals surface area contributed by atoms with Crippen LogP contribution < -0.4 is 11.1 Å². The first-order valence-corrected chi connectivity index (χ1v) is 3.84. The first-order chi connectivity index (χ1) is 4.81. The number of nitrogens with one attached hydrogen (secondary N) is 1. The van der Waals surface area contributed by atoms with Gasteiger partial charge in [0.15, 0.2) is 0 Å². The molecule has 0 unspecified atom stereocenters. The van der Waals surface area contributed by atoms with Gasteiger partial charge in [-0.15, -0.1) is 0 Å². The number of nitrogens with zero attached hydrogens (tertiary/aromatic N) is 1. The average Bonchev–Trinajstić information content (AvgIpc) is 1.97. The first-order valence-electron chi connectivity index (χ1n) is 3.84. The zero-order chi connectivity index (χ0) is 7.82. The molecule has 0 saturated carbocycles. The molecule has 0 bridgehead atoms. The molecule has 0 spiro atoms. The lowest BCUT2D eigenvalue weighted by molar-refractivity contribution is 0.332. The predicted octanol–water partition coefficient (Wildman–Crippen LogP) is -0.514. The Morgan fingerprint density at radius 2 is 2.10 bits per heavy atom. The fourth-order valence-corrected chi connectivity index (χ4v) is 0.776. The van der Waals surface area contributed by atoms with Gasteiger partial charge in [-0.3, -0.25) is 0 Å². The monoisotopic (exact) mass is 145 g/mol. The van der Waals surface area contributed by atoms with Crippen molar-refractivity contribution in [3.63, 3.8) is 0 Å². The van der Waals surface area contributed by atoms with E-state index in [1.165, 1.54) is 0 Å². The number of likely N-dealkylation sites (N-methyl/N-ethyl adjacent to an activating group) is 2. The Labute approximate surface area is 63.6 Å². The summed E-state index contributed by atoms with van der Waals surface area (Å²) in [6.45, 7) is 4.07. The molecule has 0 saturated heterocycles. The second-order valence-corrected chi connectivity index (χ2v) is 2.55. The van der Waals surface area contributed by atoms with Crippen molar-refractivity contribution in [3.8, 4) is 0 Å². The second-order valence-electron chi connectivity index (χ2n) is 2.55. The summed E-state index contributed by atoms with van der Waals surface area (Å²) in [4.78, 5) is 2.28. The van der Waals surface area contributed by atoms with E-state index in [-0.39, 0.29) is 0 Å². The third-order valence-corrected chi connectivity index (χ3v) is 1.49. The third-order valence-electron chi connectivity index (χ3n) is 1.49. The van der Waals surface area contributed by atoms with Crippen LogP contribution in [0.1, 0.15) is 6.42 Å². The summed E-state index contributed by atoms with van der Waals surface area (Å²) >= 11 is 0. The number of hydrogen-bond acceptors (Lipinski definition) is 3. The largest absolute Gasteiger partial charge is 0.330 e. The summed E-state index contributed by atoms with van der Waals surface area (Å²) in [7, 11) is 4.09. The standard InChI is InChI=1S/C7H19N3/c1-9-5-7-10(2)6-3-4-8/h9H,3-8H2,1-2H3. The minimum absolute atomic E-state index is 0.796. The van der Waals surface area contributed by atoms with Gasteiger partial charge in [0, 0.05) is 13.1 Å². The normalized spacial score (nSPS) is 10.8. The Hall–Kier alpha value is -0.120. The molecular weight excluding hydrogens is 126 g/mol. The van der Waals surface area contributed by atoms with Gasteiger partial charge in [-0.05, 0) is 33.6 Å². The number of hydrogen-bond donors (Lipinski definition) is 2. The summed E-state index contributed by atoms with van der Waals surface area (Å²) in [5, 5.41) is 3.10. The van der Waals surface area contributed by atoms with Gasteiger partial charge in [-0.1, -0.05) is 0 Å². The van der Waals surface area contributed by atoms with E-state index in [1.54, 1.807) is 0 Å². The van der Waals surface area contributed by atoms with E-state index in [2.05, 4.69) is 17.3 Å². The molecule has 0 atom stereocenters. The topological polar surface area (TPSA) is 41.3 Å². The highest BCUT2D eigenvalue weighted by molar-refractivity contribution is 4.52. The minimum atomic E-state index is 0.796. The summed E-state index contributed by atoms with van der Waals surface area (Å²) in [6.07, 6.45) is 1.10. The van der Waals surface area contributed by atoms with E-state index < -0.39 is 0 Å². The van der Waals surface area contributed by atoms with E-state index in [9.17, 15) is 0 Å². The van der Waals surface area contributed by atoms with Crippen LogP contribution in [0.25, 0.3) is 0 Å². The van der Waals surface area contributed by atoms with Gasteiger partial charge >= 0.3 is 0 Å². The van der Waals surface area contributed by atoms with Crippen molar-refractivity contribution in [3.05, 3.63) is 0 Å². The van der Waals surface area contributed by atoms with Gasteiger partial charge in [0.2, 0.25) is 0 Å². The smallest absolute Gasteiger partial charge is 0.0104 e. The van der Waals surface area contributed by atoms with Crippen molar-refractivity contribution >= 4 is 0 Å². The van der Waals surface area contributed by atoms with Crippen LogP contribution in [0, 0.1) is 0 Å². The van der Waals surface area contributed by atoms with E-state index in [4.69, 9.17) is 5.73 Å². The van der Waals surface area contributed by atoms with Crippen LogP contribution in [0.2, 0.25) is 0 Å². The van der Waals surface area contributed by atoms with Crippen LogP contribution in [0.15, 0.2) is 0 Å². The molecule has 0 aliphatic heterocycles. The molecule has 0 rings (SSSR count). The van der Waals surface area contributed by atoms with Crippen LogP contribution >= 0.6 is 0 Å². The molecule has 0 aromatic carbocycles. The Bertz CT molecular complexity index is 57.9. The van der Waals surface area contributed by atoms with Crippen molar-refractivity contribution in [2.24, 2.45) is 5.73 Å². The zero-order valence-corrected chi connectivity index (χ0v) is 7.06. The molecule has 0 aromatic heterocycles. The van der Waals surface area contributed by atoms with E-state index in [0.717, 1.165) is 32.6 Å². The lowest BCUT2D eigenvalue weighted by Crippen LogP contribution is -2.29. The SMILES string of the molecule is CNCCN(C)CCCN. The second kappa shape index (κ2) is 6.99. The predicted molar refractivity (Wildman–Crippen MR) is 45.1 cm³/mol. The van der Waals surface area contributed by atoms with Gasteiger partial charge in [0.25, 0.3) is 0 Å². The minimum Gasteiger partial charge on any atom is -0.330 e. The Morgan fingerprint density at radius 1 is 1.40 bits per heavy atom. The Balaban J connectivity index is 3.00. The van der Waals surface area contributed by atoms with Crippen LogP contribution in [-0.4, -0.2) is 45.2 Å². The van der Waals surface area contributed by atoms with E-state index >= 15 is 0 Å². The molecule has 3 N–H and O–H groups in total. The maximum absolute atomic E-state index is 5.36. The Morgan fingerprint density at radius 3 is 2.60 bits per heavy atom. The third kappa shape index (κ3) is 6.01. The van der Waals surface area contributed by atoms with Crippen molar-refractivity contribution in [1.82, 2.24) is 10.2 Å². The van der Waals surface area contributed by atoms with Gasteiger partial charge in [0.1, 0.15) is 0 Å².